The Hall–Kier alpha value is 0. The first-order chi connectivity index (χ1) is 5.95. The van der Waals surface area contributed by atoms with Crippen LogP contribution < -0.4 is 0 Å². The van der Waals surface area contributed by atoms with Crippen LogP contribution in [-0.2, 0) is 0 Å². The van der Waals surface area contributed by atoms with E-state index in [2.05, 4.69) is 0 Å². The van der Waals surface area contributed by atoms with Crippen molar-refractivity contribution in [2.24, 2.45) is 35.5 Å². The molecule has 0 aliphatic heterocycles. The summed E-state index contributed by atoms with van der Waals surface area (Å²) in [7, 11) is 0. The maximum atomic E-state index is 1.61. The zero-order valence-corrected chi connectivity index (χ0v) is 7.71. The molecule has 4 fully saturated rings. The maximum absolute atomic E-state index is 1.61. The van der Waals surface area contributed by atoms with E-state index in [1.807, 2.05) is 0 Å². The Morgan fingerprint density at radius 1 is 0.333 bits per heavy atom. The molecule has 0 spiro atoms. The second-order valence-electron chi connectivity index (χ2n) is 5.72. The molecule has 0 heteroatoms. The molecule has 0 aromatic carbocycles. The van der Waals surface area contributed by atoms with E-state index in [0.29, 0.717) is 0 Å². The van der Waals surface area contributed by atoms with E-state index < -0.39 is 0 Å². The van der Waals surface area contributed by atoms with E-state index in [-0.39, 0.29) is 0 Å². The van der Waals surface area contributed by atoms with Crippen molar-refractivity contribution in [3.8, 4) is 0 Å². The van der Waals surface area contributed by atoms with Crippen LogP contribution in [0.5, 0.6) is 0 Å². The normalized spacial score (nSPS) is 66.0. The van der Waals surface area contributed by atoms with Gasteiger partial charge in [-0.05, 0) is 74.0 Å². The molecule has 4 rings (SSSR count). The van der Waals surface area contributed by atoms with Crippen molar-refractivity contribution in [3.05, 3.63) is 0 Å². The van der Waals surface area contributed by atoms with Gasteiger partial charge >= 0.3 is 0 Å². The lowest BCUT2D eigenvalue weighted by Crippen LogP contribution is -2.58. The number of fused-ring (bicyclic) bond motifs is 6. The van der Waals surface area contributed by atoms with Crippen LogP contribution in [0.1, 0.15) is 38.5 Å². The van der Waals surface area contributed by atoms with Crippen LogP contribution in [-0.4, -0.2) is 0 Å². The van der Waals surface area contributed by atoms with Gasteiger partial charge in [0.1, 0.15) is 0 Å². The van der Waals surface area contributed by atoms with Crippen molar-refractivity contribution in [1.29, 1.82) is 0 Å². The Morgan fingerprint density at radius 3 is 0.583 bits per heavy atom. The molecule has 4 aliphatic rings. The molecule has 0 aromatic heterocycles. The minimum Gasteiger partial charge on any atom is -0.0496 e. The first kappa shape index (κ1) is 6.45. The van der Waals surface area contributed by atoms with Crippen molar-refractivity contribution >= 4 is 0 Å². The summed E-state index contributed by atoms with van der Waals surface area (Å²) < 4.78 is 0. The quantitative estimate of drug-likeness (QED) is 0.513. The molecule has 4 aliphatic carbocycles. The Kier molecular flexibility index (Phi) is 1.03. The second kappa shape index (κ2) is 1.91. The van der Waals surface area contributed by atoms with Crippen LogP contribution in [0.3, 0.4) is 0 Å². The van der Waals surface area contributed by atoms with Gasteiger partial charge in [-0.25, -0.2) is 0 Å². The molecule has 0 bridgehead atoms. The predicted octanol–water partition coefficient (Wildman–Crippen LogP) is 3.08. The molecular weight excluding hydrogens is 144 g/mol. The third-order valence-corrected chi connectivity index (χ3v) is 5.80. The highest BCUT2D eigenvalue weighted by molar-refractivity contribution is 5.08. The lowest BCUT2D eigenvalue weighted by molar-refractivity contribution is -0.165. The molecule has 0 radical (unpaired) electrons. The van der Waals surface area contributed by atoms with Gasteiger partial charge in [0.25, 0.3) is 0 Å². The zero-order valence-electron chi connectivity index (χ0n) is 7.71. The Balaban J connectivity index is 1.68. The molecule has 0 unspecified atom stereocenters. The van der Waals surface area contributed by atoms with Gasteiger partial charge in [0, 0.05) is 0 Å². The van der Waals surface area contributed by atoms with Crippen molar-refractivity contribution in [1.82, 2.24) is 0 Å². The molecule has 0 atom stereocenters. The van der Waals surface area contributed by atoms with Gasteiger partial charge < -0.3 is 0 Å². The smallest absolute Gasteiger partial charge is 0.0352 e. The van der Waals surface area contributed by atoms with Gasteiger partial charge in [-0.2, -0.15) is 0 Å². The summed E-state index contributed by atoms with van der Waals surface area (Å²) in [6, 6.07) is 0. The van der Waals surface area contributed by atoms with Crippen molar-refractivity contribution in [2.75, 3.05) is 0 Å². The topological polar surface area (TPSA) is 0 Å². The highest BCUT2D eigenvalue weighted by Gasteiger charge is 2.59. The minimum atomic E-state index is 1.23. The van der Waals surface area contributed by atoms with E-state index >= 15 is 0 Å². The van der Waals surface area contributed by atoms with Gasteiger partial charge in [0.2, 0.25) is 0 Å². The fourth-order valence-corrected chi connectivity index (χ4v) is 4.84. The van der Waals surface area contributed by atoms with E-state index in [0.717, 1.165) is 0 Å². The van der Waals surface area contributed by atoms with Crippen LogP contribution in [0.4, 0.5) is 0 Å². The summed E-state index contributed by atoms with van der Waals surface area (Å²) >= 11 is 0. The monoisotopic (exact) mass is 162 g/mol. The first-order valence-corrected chi connectivity index (χ1v) is 5.95. The molecule has 4 saturated carbocycles. The Morgan fingerprint density at radius 2 is 0.500 bits per heavy atom. The van der Waals surface area contributed by atoms with Gasteiger partial charge in [0.05, 0.1) is 0 Å². The summed E-state index contributed by atoms with van der Waals surface area (Å²) in [6.45, 7) is 0. The first-order valence-electron chi connectivity index (χ1n) is 5.95. The predicted molar refractivity (Wildman–Crippen MR) is 48.6 cm³/mol. The van der Waals surface area contributed by atoms with Gasteiger partial charge in [-0.1, -0.05) is 0 Å². The lowest BCUT2D eigenvalue weighted by atomic mass is 9.39. The summed E-state index contributed by atoms with van der Waals surface area (Å²) in [4.78, 5) is 0. The second-order valence-corrected chi connectivity index (χ2v) is 5.72. The molecule has 0 saturated heterocycles. The van der Waals surface area contributed by atoms with Crippen LogP contribution in [0, 0.1) is 35.5 Å². The molecule has 12 heavy (non-hydrogen) atoms. The molecule has 66 valence electrons. The van der Waals surface area contributed by atoms with Crippen molar-refractivity contribution < 1.29 is 0 Å². The Bertz CT molecular complexity index is 146. The average Bonchev–Trinajstić information content (AvgIpc) is 1.96. The third-order valence-electron chi connectivity index (χ3n) is 5.80. The fourth-order valence-electron chi connectivity index (χ4n) is 4.84. The van der Waals surface area contributed by atoms with Crippen LogP contribution in [0.2, 0.25) is 0 Å². The number of hydrogen-bond acceptors (Lipinski definition) is 0. The van der Waals surface area contributed by atoms with E-state index in [1.165, 1.54) is 35.5 Å². The summed E-state index contributed by atoms with van der Waals surface area (Å²) in [5, 5.41) is 0. The van der Waals surface area contributed by atoms with Gasteiger partial charge in [0.15, 0.2) is 0 Å². The number of hydrogen-bond donors (Lipinski definition) is 0. The third kappa shape index (κ3) is 0.533. The molecule has 0 N–H and O–H groups in total. The van der Waals surface area contributed by atoms with Crippen molar-refractivity contribution in [3.63, 3.8) is 0 Å². The highest BCUT2D eigenvalue weighted by atomic mass is 14.6. The summed E-state index contributed by atoms with van der Waals surface area (Å²) in [6.07, 6.45) is 9.64. The van der Waals surface area contributed by atoms with Crippen LogP contribution >= 0.6 is 0 Å². The Labute approximate surface area is 74.7 Å². The summed E-state index contributed by atoms with van der Waals surface area (Å²) in [5.41, 5.74) is 0. The fraction of sp³-hybridized carbons (Fsp3) is 1.00. The maximum Gasteiger partial charge on any atom is -0.0352 e. The van der Waals surface area contributed by atoms with E-state index in [1.54, 1.807) is 38.5 Å². The van der Waals surface area contributed by atoms with Crippen LogP contribution in [0.15, 0.2) is 0 Å². The number of rotatable bonds is 0. The van der Waals surface area contributed by atoms with E-state index in [9.17, 15) is 0 Å². The standard InChI is InChI=1S/C12H18/c1-2-8-7(1)9-3-4-11(9)12-6-5-10(8)12/h7-12H,1-6H2. The van der Waals surface area contributed by atoms with E-state index in [4.69, 9.17) is 0 Å². The van der Waals surface area contributed by atoms with Crippen LogP contribution in [0.25, 0.3) is 0 Å². The van der Waals surface area contributed by atoms with Crippen molar-refractivity contribution in [2.45, 2.75) is 38.5 Å². The average molecular weight is 162 g/mol. The molecule has 0 aromatic rings. The highest BCUT2D eigenvalue weighted by Crippen LogP contribution is 2.67. The molecular formula is C12H18. The SMILES string of the molecule is C1CC2C1C1CCC1C1CCC21. The minimum absolute atomic E-state index is 1.23. The largest absolute Gasteiger partial charge is 0.0496 e. The van der Waals surface area contributed by atoms with Gasteiger partial charge in [-0.3, -0.25) is 0 Å². The lowest BCUT2D eigenvalue weighted by Gasteiger charge is -2.66. The molecule has 0 heterocycles. The van der Waals surface area contributed by atoms with Gasteiger partial charge in [-0.15, -0.1) is 0 Å². The zero-order chi connectivity index (χ0) is 7.71. The molecule has 0 amide bonds. The molecule has 0 nitrogen and oxygen atoms in total. The summed E-state index contributed by atoms with van der Waals surface area (Å²) in [5.74, 6) is 7.36.